The highest BCUT2D eigenvalue weighted by molar-refractivity contribution is 5.91. The Morgan fingerprint density at radius 2 is 1.96 bits per heavy atom. The van der Waals surface area contributed by atoms with E-state index in [1.54, 1.807) is 19.1 Å². The van der Waals surface area contributed by atoms with Crippen LogP contribution in [-0.4, -0.2) is 20.6 Å². The Hall–Kier alpha value is -3.22. The maximum Gasteiger partial charge on any atom is 0.274 e. The van der Waals surface area contributed by atoms with Crippen molar-refractivity contribution in [2.24, 2.45) is 0 Å². The molecule has 25 heavy (non-hydrogen) atoms. The first-order chi connectivity index (χ1) is 11.9. The van der Waals surface area contributed by atoms with Crippen molar-refractivity contribution in [1.82, 2.24) is 14.7 Å². The minimum absolute atomic E-state index is 0.149. The zero-order valence-corrected chi connectivity index (χ0v) is 14.2. The van der Waals surface area contributed by atoms with Crippen LogP contribution in [0.3, 0.4) is 0 Å². The highest BCUT2D eigenvalue weighted by atomic mass is 16.5. The molecule has 0 bridgehead atoms. The summed E-state index contributed by atoms with van der Waals surface area (Å²) in [5.41, 5.74) is 3.00. The molecule has 1 amide bonds. The topological polar surface area (TPSA) is 90.0 Å². The molecule has 0 fully saturated rings. The number of pyridine rings is 1. The molecule has 0 aliphatic carbocycles. The molecule has 2 aromatic heterocycles. The van der Waals surface area contributed by atoms with Crippen molar-refractivity contribution in [3.63, 3.8) is 0 Å². The van der Waals surface area contributed by atoms with Gasteiger partial charge in [-0.1, -0.05) is 17.3 Å². The maximum absolute atomic E-state index is 12.4. The van der Waals surface area contributed by atoms with E-state index in [1.165, 1.54) is 10.6 Å². The lowest BCUT2D eigenvalue weighted by Gasteiger charge is -2.11. The zero-order chi connectivity index (χ0) is 18.0. The van der Waals surface area contributed by atoms with Crippen LogP contribution >= 0.6 is 0 Å². The van der Waals surface area contributed by atoms with Gasteiger partial charge in [0.15, 0.2) is 5.82 Å². The van der Waals surface area contributed by atoms with E-state index in [9.17, 15) is 9.59 Å². The number of carbonyl (C=O) groups excluding carboxylic acids is 1. The van der Waals surface area contributed by atoms with Gasteiger partial charge in [0.25, 0.3) is 11.4 Å². The van der Waals surface area contributed by atoms with E-state index >= 15 is 0 Å². The highest BCUT2D eigenvalue weighted by Gasteiger charge is 2.15. The molecule has 2 heterocycles. The van der Waals surface area contributed by atoms with Gasteiger partial charge in [-0.05, 0) is 50.1 Å². The summed E-state index contributed by atoms with van der Waals surface area (Å²) in [6.45, 7) is 5.51. The predicted molar refractivity (Wildman–Crippen MR) is 93.3 cm³/mol. The number of carbonyl (C=O) groups is 1. The molecule has 0 spiro atoms. The van der Waals surface area contributed by atoms with Crippen LogP contribution < -0.4 is 10.9 Å². The van der Waals surface area contributed by atoms with Crippen molar-refractivity contribution >= 4 is 11.6 Å². The van der Waals surface area contributed by atoms with Crippen molar-refractivity contribution < 1.29 is 9.32 Å². The molecule has 3 aromatic rings. The van der Waals surface area contributed by atoms with Gasteiger partial charge in [-0.2, -0.15) is 4.98 Å². The van der Waals surface area contributed by atoms with Gasteiger partial charge in [-0.15, -0.1) is 0 Å². The summed E-state index contributed by atoms with van der Waals surface area (Å²) in [7, 11) is 0. The van der Waals surface area contributed by atoms with Crippen molar-refractivity contribution in [3.05, 3.63) is 63.7 Å². The van der Waals surface area contributed by atoms with Crippen LogP contribution in [0, 0.1) is 20.8 Å². The van der Waals surface area contributed by atoms with Gasteiger partial charge in [0.1, 0.15) is 12.2 Å². The SMILES string of the molecule is Cc1noc(-c2cccc(=O)n2CC(=O)Nc2ccc(C)c(C)c2)n1. The van der Waals surface area contributed by atoms with E-state index in [0.717, 1.165) is 11.1 Å². The molecule has 7 nitrogen and oxygen atoms in total. The van der Waals surface area contributed by atoms with Crippen LogP contribution in [0.1, 0.15) is 17.0 Å². The molecular formula is C18H18N4O3. The van der Waals surface area contributed by atoms with Gasteiger partial charge in [0.2, 0.25) is 5.91 Å². The summed E-state index contributed by atoms with van der Waals surface area (Å²) in [6.07, 6.45) is 0. The summed E-state index contributed by atoms with van der Waals surface area (Å²) in [6, 6.07) is 10.3. The summed E-state index contributed by atoms with van der Waals surface area (Å²) in [4.78, 5) is 28.7. The molecule has 0 unspecified atom stereocenters. The number of aryl methyl sites for hydroxylation is 3. The van der Waals surface area contributed by atoms with Gasteiger partial charge < -0.3 is 9.84 Å². The quantitative estimate of drug-likeness (QED) is 0.789. The fourth-order valence-corrected chi connectivity index (χ4v) is 2.43. The smallest absolute Gasteiger partial charge is 0.274 e. The van der Waals surface area contributed by atoms with Gasteiger partial charge in [-0.25, -0.2) is 0 Å². The molecule has 3 rings (SSSR count). The fourth-order valence-electron chi connectivity index (χ4n) is 2.43. The number of amides is 1. The molecule has 0 saturated heterocycles. The third kappa shape index (κ3) is 3.65. The van der Waals surface area contributed by atoms with Gasteiger partial charge in [0, 0.05) is 11.8 Å². The van der Waals surface area contributed by atoms with Crippen molar-refractivity contribution in [2.75, 3.05) is 5.32 Å². The lowest BCUT2D eigenvalue weighted by Crippen LogP contribution is -2.28. The van der Waals surface area contributed by atoms with Crippen LogP contribution in [0.15, 0.2) is 45.7 Å². The molecule has 128 valence electrons. The minimum atomic E-state index is -0.316. The van der Waals surface area contributed by atoms with Gasteiger partial charge >= 0.3 is 0 Å². The standard InChI is InChI=1S/C18H18N4O3/c1-11-7-8-14(9-12(11)2)20-16(23)10-22-15(5-4-6-17(22)24)18-19-13(3)21-25-18/h4-9H,10H2,1-3H3,(H,20,23). The molecule has 1 N–H and O–H groups in total. The van der Waals surface area contributed by atoms with Crippen LogP contribution in [0.2, 0.25) is 0 Å². The Morgan fingerprint density at radius 1 is 1.16 bits per heavy atom. The normalized spacial score (nSPS) is 10.7. The molecule has 7 heteroatoms. The zero-order valence-electron chi connectivity index (χ0n) is 14.2. The number of benzene rings is 1. The van der Waals surface area contributed by atoms with Crippen LogP contribution in [0.25, 0.3) is 11.6 Å². The molecule has 1 aromatic carbocycles. The summed E-state index contributed by atoms with van der Waals surface area (Å²) >= 11 is 0. The first kappa shape index (κ1) is 16.6. The molecular weight excluding hydrogens is 320 g/mol. The molecule has 0 aliphatic heterocycles. The third-order valence-corrected chi connectivity index (χ3v) is 3.89. The predicted octanol–water partition coefficient (Wildman–Crippen LogP) is 2.46. The van der Waals surface area contributed by atoms with Crippen molar-refractivity contribution in [1.29, 1.82) is 0 Å². The number of hydrogen-bond acceptors (Lipinski definition) is 5. The number of aromatic nitrogens is 3. The summed E-state index contributed by atoms with van der Waals surface area (Å²) < 4.78 is 6.43. The monoisotopic (exact) mass is 338 g/mol. The second-order valence-electron chi connectivity index (χ2n) is 5.83. The van der Waals surface area contributed by atoms with Crippen LogP contribution in [0.5, 0.6) is 0 Å². The third-order valence-electron chi connectivity index (χ3n) is 3.89. The average Bonchev–Trinajstić information content (AvgIpc) is 2.99. The Kier molecular flexibility index (Phi) is 4.47. The number of hydrogen-bond donors (Lipinski definition) is 1. The van der Waals surface area contributed by atoms with E-state index in [1.807, 2.05) is 32.0 Å². The van der Waals surface area contributed by atoms with Crippen molar-refractivity contribution in [2.45, 2.75) is 27.3 Å². The summed E-state index contributed by atoms with van der Waals surface area (Å²) in [5.74, 6) is 0.348. The lowest BCUT2D eigenvalue weighted by molar-refractivity contribution is -0.116. The molecule has 0 radical (unpaired) electrons. The van der Waals surface area contributed by atoms with Gasteiger partial charge in [-0.3, -0.25) is 14.2 Å². The van der Waals surface area contributed by atoms with Crippen LogP contribution in [0.4, 0.5) is 5.69 Å². The lowest BCUT2D eigenvalue weighted by atomic mass is 10.1. The van der Waals surface area contributed by atoms with E-state index in [4.69, 9.17) is 4.52 Å². The number of anilines is 1. The average molecular weight is 338 g/mol. The van der Waals surface area contributed by atoms with Gasteiger partial charge in [0.05, 0.1) is 0 Å². The molecule has 0 aliphatic rings. The second kappa shape index (κ2) is 6.72. The first-order valence-corrected chi connectivity index (χ1v) is 7.81. The van der Waals surface area contributed by atoms with E-state index < -0.39 is 0 Å². The Bertz CT molecular complexity index is 988. The van der Waals surface area contributed by atoms with Crippen LogP contribution in [-0.2, 0) is 11.3 Å². The maximum atomic E-state index is 12.4. The summed E-state index contributed by atoms with van der Waals surface area (Å²) in [5, 5.41) is 6.53. The molecule has 0 atom stereocenters. The number of nitrogens with zero attached hydrogens (tertiary/aromatic N) is 3. The van der Waals surface area contributed by atoms with E-state index in [0.29, 0.717) is 17.2 Å². The fraction of sp³-hybridized carbons (Fsp3) is 0.222. The van der Waals surface area contributed by atoms with E-state index in [-0.39, 0.29) is 23.9 Å². The number of nitrogens with one attached hydrogen (secondary N) is 1. The number of rotatable bonds is 4. The first-order valence-electron chi connectivity index (χ1n) is 7.81. The second-order valence-corrected chi connectivity index (χ2v) is 5.83. The van der Waals surface area contributed by atoms with E-state index in [2.05, 4.69) is 15.5 Å². The minimum Gasteiger partial charge on any atom is -0.332 e. The highest BCUT2D eigenvalue weighted by Crippen LogP contribution is 2.16. The Labute approximate surface area is 144 Å². The Balaban J connectivity index is 1.86. The van der Waals surface area contributed by atoms with Crippen molar-refractivity contribution in [3.8, 4) is 11.6 Å². The largest absolute Gasteiger partial charge is 0.332 e. The molecule has 0 saturated carbocycles. The Morgan fingerprint density at radius 3 is 2.64 bits per heavy atom.